The van der Waals surface area contributed by atoms with Gasteiger partial charge in [-0.1, -0.05) is 48.0 Å². The van der Waals surface area contributed by atoms with Gasteiger partial charge in [-0.3, -0.25) is 4.79 Å². The first kappa shape index (κ1) is 34.5. The molecule has 3 aromatic carbocycles. The summed E-state index contributed by atoms with van der Waals surface area (Å²) in [6, 6.07) is 24.0. The van der Waals surface area contributed by atoms with E-state index in [9.17, 15) is 18.0 Å². The smallest absolute Gasteiger partial charge is 0.340 e. The van der Waals surface area contributed by atoms with Crippen molar-refractivity contribution in [2.75, 3.05) is 27.9 Å². The summed E-state index contributed by atoms with van der Waals surface area (Å²) in [5.41, 5.74) is 2.39. The molecule has 0 radical (unpaired) electrons. The van der Waals surface area contributed by atoms with Crippen LogP contribution in [0, 0.1) is 0 Å². The molecule has 1 aromatic heterocycles. The molecule has 0 unspecified atom stereocenters. The number of hydrogen-bond donors (Lipinski definition) is 0. The summed E-state index contributed by atoms with van der Waals surface area (Å²) in [5.74, 6) is 0.733. The van der Waals surface area contributed by atoms with Crippen molar-refractivity contribution in [1.82, 2.24) is 9.21 Å². The molecule has 12 heteroatoms. The third kappa shape index (κ3) is 7.49. The van der Waals surface area contributed by atoms with E-state index in [1.165, 1.54) is 46.7 Å². The third-order valence-electron chi connectivity index (χ3n) is 7.93. The monoisotopic (exact) mass is 690 g/mol. The van der Waals surface area contributed by atoms with Gasteiger partial charge in [-0.15, -0.1) is 0 Å². The topological polar surface area (TPSA) is 116 Å². The lowest BCUT2D eigenvalue weighted by Crippen LogP contribution is -2.30. The van der Waals surface area contributed by atoms with Crippen LogP contribution in [0.4, 0.5) is 0 Å². The molecule has 4 aromatic rings. The zero-order valence-corrected chi connectivity index (χ0v) is 28.5. The lowest BCUT2D eigenvalue weighted by atomic mass is 10.1. The number of benzene rings is 3. The van der Waals surface area contributed by atoms with E-state index in [-0.39, 0.29) is 40.8 Å². The number of sulfonamides is 1. The van der Waals surface area contributed by atoms with Gasteiger partial charge in [0.1, 0.15) is 11.5 Å². The van der Waals surface area contributed by atoms with Crippen molar-refractivity contribution in [3.05, 3.63) is 129 Å². The number of hydrogen-bond acceptors (Lipinski definition) is 8. The lowest BCUT2D eigenvalue weighted by molar-refractivity contribution is -0.136. The molecule has 250 valence electrons. The molecular weight excluding hydrogens is 656 g/mol. The van der Waals surface area contributed by atoms with Crippen molar-refractivity contribution in [2.45, 2.75) is 31.3 Å². The third-order valence-corrected chi connectivity index (χ3v) is 9.99. The molecular formula is C36H35ClN2O8S. The van der Waals surface area contributed by atoms with Crippen molar-refractivity contribution in [2.24, 2.45) is 0 Å². The SMILES string of the molecule is COC(=O)C1=C(C)N(CCc2ccc(OC)c(OC)c2)C(=O)/C1=C/c1ccc(CN(Cc2ccccc2)S(=O)(=O)c2ccc(Cl)cc2)o1. The molecule has 2 heterocycles. The van der Waals surface area contributed by atoms with Gasteiger partial charge in [0, 0.05) is 23.8 Å². The lowest BCUT2D eigenvalue weighted by Gasteiger charge is -2.21. The number of carbonyl (C=O) groups excluding carboxylic acids is 2. The highest BCUT2D eigenvalue weighted by Crippen LogP contribution is 2.33. The molecule has 1 amide bonds. The van der Waals surface area contributed by atoms with Crippen molar-refractivity contribution < 1.29 is 36.6 Å². The maximum atomic E-state index is 13.7. The fourth-order valence-corrected chi connectivity index (χ4v) is 6.94. The van der Waals surface area contributed by atoms with Crippen molar-refractivity contribution >= 4 is 39.6 Å². The van der Waals surface area contributed by atoms with Crippen LogP contribution in [0.15, 0.2) is 111 Å². The van der Waals surface area contributed by atoms with E-state index in [0.717, 1.165) is 11.1 Å². The molecule has 0 bridgehead atoms. The number of furan rings is 1. The van der Waals surface area contributed by atoms with Gasteiger partial charge in [-0.2, -0.15) is 4.31 Å². The van der Waals surface area contributed by atoms with Gasteiger partial charge in [0.2, 0.25) is 10.0 Å². The van der Waals surface area contributed by atoms with Crippen LogP contribution >= 0.6 is 11.6 Å². The summed E-state index contributed by atoms with van der Waals surface area (Å²) in [6.07, 6.45) is 1.96. The van der Waals surface area contributed by atoms with Gasteiger partial charge in [-0.25, -0.2) is 13.2 Å². The predicted octanol–water partition coefficient (Wildman–Crippen LogP) is 6.26. The van der Waals surface area contributed by atoms with Gasteiger partial charge in [-0.05, 0) is 79.1 Å². The first-order valence-corrected chi connectivity index (χ1v) is 16.8. The molecule has 10 nitrogen and oxygen atoms in total. The summed E-state index contributed by atoms with van der Waals surface area (Å²) in [5, 5.41) is 0.420. The molecule has 0 fully saturated rings. The van der Waals surface area contributed by atoms with Crippen LogP contribution < -0.4 is 9.47 Å². The summed E-state index contributed by atoms with van der Waals surface area (Å²) in [4.78, 5) is 28.2. The molecule has 0 spiro atoms. The minimum absolute atomic E-state index is 0.0878. The number of halogens is 1. The molecule has 0 saturated heterocycles. The van der Waals surface area contributed by atoms with Crippen LogP contribution in [0.25, 0.3) is 6.08 Å². The van der Waals surface area contributed by atoms with Gasteiger partial charge in [0.15, 0.2) is 11.5 Å². The summed E-state index contributed by atoms with van der Waals surface area (Å²) >= 11 is 6.01. The minimum atomic E-state index is -3.96. The Morgan fingerprint density at radius 3 is 2.27 bits per heavy atom. The molecule has 0 N–H and O–H groups in total. The van der Waals surface area contributed by atoms with Crippen LogP contribution in [-0.4, -0.2) is 57.4 Å². The number of esters is 1. The maximum Gasteiger partial charge on any atom is 0.340 e. The van der Waals surface area contributed by atoms with Crippen LogP contribution in [0.1, 0.15) is 29.6 Å². The van der Waals surface area contributed by atoms with E-state index < -0.39 is 16.0 Å². The van der Waals surface area contributed by atoms with Crippen LogP contribution in [0.2, 0.25) is 5.02 Å². The van der Waals surface area contributed by atoms with Gasteiger partial charge >= 0.3 is 5.97 Å². The summed E-state index contributed by atoms with van der Waals surface area (Å²) in [7, 11) is 0.409. The van der Waals surface area contributed by atoms with E-state index in [4.69, 9.17) is 30.2 Å². The minimum Gasteiger partial charge on any atom is -0.493 e. The number of nitrogens with zero attached hydrogens (tertiary/aromatic N) is 2. The normalized spacial score (nSPS) is 14.2. The van der Waals surface area contributed by atoms with Gasteiger partial charge in [0.25, 0.3) is 5.91 Å². The molecule has 1 aliphatic heterocycles. The van der Waals surface area contributed by atoms with E-state index in [1.54, 1.807) is 39.3 Å². The van der Waals surface area contributed by atoms with E-state index in [1.807, 2.05) is 42.5 Å². The number of allylic oxidation sites excluding steroid dienone is 1. The highest BCUT2D eigenvalue weighted by atomic mass is 35.5. The molecule has 5 rings (SSSR count). The van der Waals surface area contributed by atoms with Crippen molar-refractivity contribution in [3.8, 4) is 11.5 Å². The Kier molecular flexibility index (Phi) is 10.7. The first-order chi connectivity index (χ1) is 23.0. The average Bonchev–Trinajstić information content (AvgIpc) is 3.63. The molecule has 0 aliphatic carbocycles. The predicted molar refractivity (Wildman–Crippen MR) is 181 cm³/mol. The Morgan fingerprint density at radius 1 is 0.896 bits per heavy atom. The summed E-state index contributed by atoms with van der Waals surface area (Å²) in [6.45, 7) is 1.98. The number of amides is 1. The van der Waals surface area contributed by atoms with Crippen LogP contribution in [0.5, 0.6) is 11.5 Å². The van der Waals surface area contributed by atoms with Crippen molar-refractivity contribution in [3.63, 3.8) is 0 Å². The number of rotatable bonds is 13. The zero-order valence-electron chi connectivity index (χ0n) is 26.9. The van der Waals surface area contributed by atoms with E-state index >= 15 is 0 Å². The first-order valence-electron chi connectivity index (χ1n) is 15.0. The van der Waals surface area contributed by atoms with Gasteiger partial charge in [0.05, 0.1) is 43.9 Å². The Morgan fingerprint density at radius 2 is 1.60 bits per heavy atom. The molecule has 0 atom stereocenters. The van der Waals surface area contributed by atoms with Gasteiger partial charge < -0.3 is 23.5 Å². The van der Waals surface area contributed by atoms with Crippen LogP contribution in [0.3, 0.4) is 0 Å². The second-order valence-corrected chi connectivity index (χ2v) is 13.3. The number of methoxy groups -OCH3 is 3. The average molecular weight is 691 g/mol. The van der Waals surface area contributed by atoms with Crippen molar-refractivity contribution in [1.29, 1.82) is 0 Å². The second-order valence-electron chi connectivity index (χ2n) is 10.9. The maximum absolute atomic E-state index is 13.7. The molecule has 48 heavy (non-hydrogen) atoms. The number of carbonyl (C=O) groups is 2. The second kappa shape index (κ2) is 14.9. The highest BCUT2D eigenvalue weighted by Gasteiger charge is 2.37. The number of ether oxygens (including phenoxy) is 3. The zero-order chi connectivity index (χ0) is 34.4. The Balaban J connectivity index is 1.40. The fourth-order valence-electron chi connectivity index (χ4n) is 5.42. The molecule has 0 saturated carbocycles. The Hall–Kier alpha value is -4.84. The summed E-state index contributed by atoms with van der Waals surface area (Å²) < 4.78 is 50.6. The van der Waals surface area contributed by atoms with E-state index in [0.29, 0.717) is 40.9 Å². The fraction of sp³-hybridized carbons (Fsp3) is 0.222. The highest BCUT2D eigenvalue weighted by molar-refractivity contribution is 7.89. The Bertz CT molecular complexity index is 1970. The standard InChI is InChI=1S/C36H35ClN2O8S/c1-24-34(36(41)46-4)31(35(40)39(24)19-18-25-10-17-32(44-2)33(20-25)45-3)21-28-13-14-29(47-28)23-38(22-26-8-6-5-7-9-26)48(42,43)30-15-11-27(37)12-16-30/h5-17,20-21H,18-19,22-23H2,1-4H3/b31-21+. The quantitative estimate of drug-likeness (QED) is 0.119. The molecule has 1 aliphatic rings. The Labute approximate surface area is 284 Å². The largest absolute Gasteiger partial charge is 0.493 e. The van der Waals surface area contributed by atoms with Crippen LogP contribution in [-0.2, 0) is 43.9 Å². The van der Waals surface area contributed by atoms with E-state index in [2.05, 4.69) is 0 Å².